The molecule has 4 rings (SSSR count). The molecule has 2 saturated carbocycles. The van der Waals surface area contributed by atoms with Gasteiger partial charge in [-0.25, -0.2) is 0 Å². The van der Waals surface area contributed by atoms with Crippen LogP contribution in [0.3, 0.4) is 0 Å². The van der Waals surface area contributed by atoms with E-state index in [2.05, 4.69) is 54.8 Å². The third-order valence-corrected chi connectivity index (χ3v) is 10.3. The van der Waals surface area contributed by atoms with Gasteiger partial charge in [0.2, 0.25) is 5.91 Å². The lowest BCUT2D eigenvalue weighted by molar-refractivity contribution is -0.122. The summed E-state index contributed by atoms with van der Waals surface area (Å²) in [6.45, 7) is 4.22. The summed E-state index contributed by atoms with van der Waals surface area (Å²) in [4.78, 5) is 12.9. The summed E-state index contributed by atoms with van der Waals surface area (Å²) >= 11 is 4.42. The van der Waals surface area contributed by atoms with Crippen LogP contribution < -0.4 is 5.32 Å². The zero-order chi connectivity index (χ0) is 16.7. The second kappa shape index (κ2) is 6.60. The number of carbonyl (C=O) groups excluding carboxylic acids is 1. The summed E-state index contributed by atoms with van der Waals surface area (Å²) in [6, 6.07) is 6.23. The number of benzene rings is 1. The lowest BCUT2D eigenvalue weighted by Gasteiger charge is -2.52. The molecule has 1 N–H and O–H groups in total. The Morgan fingerprint density at radius 2 is 1.75 bits per heavy atom. The molecular formula is C20H27NOS2. The second-order valence-electron chi connectivity index (χ2n) is 7.70. The molecule has 130 valence electrons. The van der Waals surface area contributed by atoms with E-state index in [-0.39, 0.29) is 11.8 Å². The minimum absolute atomic E-state index is 0.203. The quantitative estimate of drug-likeness (QED) is 0.780. The van der Waals surface area contributed by atoms with Crippen LogP contribution in [0.2, 0.25) is 0 Å². The van der Waals surface area contributed by atoms with Crippen molar-refractivity contribution in [2.24, 2.45) is 17.8 Å². The second-order valence-corrected chi connectivity index (χ2v) is 10.7. The highest BCUT2D eigenvalue weighted by Crippen LogP contribution is 2.64. The van der Waals surface area contributed by atoms with Gasteiger partial charge in [-0.2, -0.15) is 0 Å². The third kappa shape index (κ3) is 2.90. The topological polar surface area (TPSA) is 29.1 Å². The van der Waals surface area contributed by atoms with Crippen LogP contribution in [0, 0.1) is 31.6 Å². The van der Waals surface area contributed by atoms with Gasteiger partial charge in [-0.3, -0.25) is 4.79 Å². The molecule has 3 aliphatic rings. The van der Waals surface area contributed by atoms with Crippen molar-refractivity contribution in [3.05, 3.63) is 29.3 Å². The van der Waals surface area contributed by atoms with E-state index in [0.717, 1.165) is 30.4 Å². The van der Waals surface area contributed by atoms with E-state index in [4.69, 9.17) is 0 Å². The highest BCUT2D eigenvalue weighted by Gasteiger charge is 2.55. The van der Waals surface area contributed by atoms with E-state index < -0.39 is 0 Å². The van der Waals surface area contributed by atoms with Crippen LogP contribution in [0.5, 0.6) is 0 Å². The largest absolute Gasteiger partial charge is 0.326 e. The standard InChI is InChI=1S/C20H27NOS2/c1-13-6-7-18(10-14(13)2)21-19(22)15-11-16-4-3-5-17(12-15)20(16)23-8-9-24-20/h6-7,10,15-17H,3-5,8-9,11-12H2,1-2H3,(H,21,22). The van der Waals surface area contributed by atoms with Gasteiger partial charge in [0.15, 0.2) is 0 Å². The van der Waals surface area contributed by atoms with E-state index in [1.54, 1.807) is 0 Å². The molecule has 2 unspecified atom stereocenters. The molecule has 1 aromatic rings. The van der Waals surface area contributed by atoms with Crippen molar-refractivity contribution in [3.63, 3.8) is 0 Å². The van der Waals surface area contributed by atoms with Gasteiger partial charge in [-0.15, -0.1) is 23.5 Å². The van der Waals surface area contributed by atoms with Crippen LogP contribution >= 0.6 is 23.5 Å². The third-order valence-electron chi connectivity index (χ3n) is 6.27. The number of anilines is 1. The van der Waals surface area contributed by atoms with E-state index in [9.17, 15) is 4.79 Å². The van der Waals surface area contributed by atoms with Crippen LogP contribution in [0.15, 0.2) is 18.2 Å². The molecule has 2 nitrogen and oxygen atoms in total. The molecule has 2 bridgehead atoms. The molecule has 1 aromatic carbocycles. The maximum atomic E-state index is 12.9. The molecule has 2 aliphatic carbocycles. The maximum Gasteiger partial charge on any atom is 0.227 e. The zero-order valence-electron chi connectivity index (χ0n) is 14.6. The minimum atomic E-state index is 0.203. The first-order valence-corrected chi connectivity index (χ1v) is 11.2. The molecule has 1 spiro atoms. The number of hydrogen-bond acceptors (Lipinski definition) is 3. The number of aryl methyl sites for hydroxylation is 2. The predicted octanol–water partition coefficient (Wildman–Crippen LogP) is 5.24. The number of amides is 1. The van der Waals surface area contributed by atoms with Crippen molar-refractivity contribution in [2.75, 3.05) is 16.8 Å². The average Bonchev–Trinajstić information content (AvgIpc) is 3.00. The van der Waals surface area contributed by atoms with Gasteiger partial charge in [0.1, 0.15) is 0 Å². The molecule has 1 aliphatic heterocycles. The predicted molar refractivity (Wildman–Crippen MR) is 106 cm³/mol. The van der Waals surface area contributed by atoms with E-state index in [0.29, 0.717) is 4.08 Å². The highest BCUT2D eigenvalue weighted by atomic mass is 32.2. The van der Waals surface area contributed by atoms with Gasteiger partial charge in [0.25, 0.3) is 0 Å². The lowest BCUT2D eigenvalue weighted by atomic mass is 9.67. The monoisotopic (exact) mass is 361 g/mol. The highest BCUT2D eigenvalue weighted by molar-refractivity contribution is 8.21. The Labute approximate surface area is 153 Å². The summed E-state index contributed by atoms with van der Waals surface area (Å²) in [6.07, 6.45) is 6.19. The lowest BCUT2D eigenvalue weighted by Crippen LogP contribution is -2.48. The SMILES string of the molecule is Cc1ccc(NC(=O)C2CC3CCCC(C2)C32SCCS2)cc1C. The van der Waals surface area contributed by atoms with E-state index >= 15 is 0 Å². The maximum absolute atomic E-state index is 12.9. The smallest absolute Gasteiger partial charge is 0.227 e. The van der Waals surface area contributed by atoms with Crippen LogP contribution in [0.4, 0.5) is 5.69 Å². The molecule has 1 saturated heterocycles. The van der Waals surface area contributed by atoms with Crippen LogP contribution in [-0.2, 0) is 4.79 Å². The first-order valence-electron chi connectivity index (χ1n) is 9.24. The van der Waals surface area contributed by atoms with Crippen molar-refractivity contribution in [1.82, 2.24) is 0 Å². The molecule has 1 amide bonds. The molecule has 3 fully saturated rings. The Balaban J connectivity index is 1.47. The Morgan fingerprint density at radius 1 is 1.08 bits per heavy atom. The average molecular weight is 362 g/mol. The van der Waals surface area contributed by atoms with Gasteiger partial charge in [0.05, 0.1) is 4.08 Å². The molecule has 2 atom stereocenters. The normalized spacial score (nSPS) is 31.2. The molecule has 0 aromatic heterocycles. The van der Waals surface area contributed by atoms with Gasteiger partial charge >= 0.3 is 0 Å². The summed E-state index contributed by atoms with van der Waals surface area (Å²) in [5.41, 5.74) is 3.47. The molecular weight excluding hydrogens is 334 g/mol. The van der Waals surface area contributed by atoms with Gasteiger partial charge in [-0.1, -0.05) is 12.5 Å². The summed E-state index contributed by atoms with van der Waals surface area (Å²) in [5.74, 6) is 4.53. The Bertz CT molecular complexity index is 623. The number of carbonyl (C=O) groups is 1. The van der Waals surface area contributed by atoms with E-state index in [1.807, 2.05) is 6.07 Å². The molecule has 1 heterocycles. The zero-order valence-corrected chi connectivity index (χ0v) is 16.3. The Kier molecular flexibility index (Phi) is 4.63. The fraction of sp³-hybridized carbons (Fsp3) is 0.650. The summed E-state index contributed by atoms with van der Waals surface area (Å²) in [5, 5.41) is 3.20. The number of rotatable bonds is 2. The minimum Gasteiger partial charge on any atom is -0.326 e. The van der Waals surface area contributed by atoms with E-state index in [1.165, 1.54) is 41.9 Å². The Morgan fingerprint density at radius 3 is 2.38 bits per heavy atom. The molecule has 4 heteroatoms. The van der Waals surface area contributed by atoms with Crippen LogP contribution in [0.1, 0.15) is 43.2 Å². The van der Waals surface area contributed by atoms with Crippen molar-refractivity contribution >= 4 is 35.1 Å². The number of hydrogen-bond donors (Lipinski definition) is 1. The molecule has 24 heavy (non-hydrogen) atoms. The fourth-order valence-electron chi connectivity index (χ4n) is 4.89. The van der Waals surface area contributed by atoms with Gasteiger partial charge < -0.3 is 5.32 Å². The number of nitrogens with one attached hydrogen (secondary N) is 1. The van der Waals surface area contributed by atoms with Crippen molar-refractivity contribution in [3.8, 4) is 0 Å². The van der Waals surface area contributed by atoms with Gasteiger partial charge in [-0.05, 0) is 74.6 Å². The number of thioether (sulfide) groups is 2. The summed E-state index contributed by atoms with van der Waals surface area (Å²) < 4.78 is 0.454. The Hall–Kier alpha value is -0.610. The van der Waals surface area contributed by atoms with Crippen molar-refractivity contribution in [2.45, 2.75) is 50.0 Å². The van der Waals surface area contributed by atoms with Crippen molar-refractivity contribution < 1.29 is 4.79 Å². The molecule has 0 radical (unpaired) electrons. The van der Waals surface area contributed by atoms with Gasteiger partial charge in [0, 0.05) is 23.1 Å². The summed E-state index contributed by atoms with van der Waals surface area (Å²) in [7, 11) is 0. The van der Waals surface area contributed by atoms with Crippen LogP contribution in [0.25, 0.3) is 0 Å². The van der Waals surface area contributed by atoms with Crippen molar-refractivity contribution in [1.29, 1.82) is 0 Å². The first-order chi connectivity index (χ1) is 11.6. The van der Waals surface area contributed by atoms with Crippen LogP contribution in [-0.4, -0.2) is 21.5 Å². The fourth-order valence-corrected chi connectivity index (χ4v) is 8.82. The first kappa shape index (κ1) is 16.8.